The minimum atomic E-state index is -0.268. The van der Waals surface area contributed by atoms with Gasteiger partial charge in [0.05, 0.1) is 13.0 Å². The molecule has 0 aromatic heterocycles. The number of rotatable bonds is 5. The van der Waals surface area contributed by atoms with Crippen molar-refractivity contribution in [3.8, 4) is 0 Å². The summed E-state index contributed by atoms with van der Waals surface area (Å²) in [6.45, 7) is 3.68. The van der Waals surface area contributed by atoms with Crippen LogP contribution in [0, 0.1) is 0 Å². The number of halogens is 1. The van der Waals surface area contributed by atoms with Crippen molar-refractivity contribution in [1.29, 1.82) is 0 Å². The summed E-state index contributed by atoms with van der Waals surface area (Å²) in [5, 5.41) is 0. The number of carbonyl (C=O) groups excluding carboxylic acids is 2. The number of hydrogen-bond donors (Lipinski definition) is 0. The van der Waals surface area contributed by atoms with Gasteiger partial charge in [-0.1, -0.05) is 28.1 Å². The molecule has 17 heavy (non-hydrogen) atoms. The zero-order valence-corrected chi connectivity index (χ0v) is 11.5. The van der Waals surface area contributed by atoms with E-state index in [1.807, 2.05) is 18.2 Å². The lowest BCUT2D eigenvalue weighted by Gasteiger charge is -2.09. The highest BCUT2D eigenvalue weighted by atomic mass is 79.9. The fourth-order valence-corrected chi connectivity index (χ4v) is 2.13. The summed E-state index contributed by atoms with van der Waals surface area (Å²) in [5.74, 6) is -0.197. The fraction of sp³-hybridized carbons (Fsp3) is 0.385. The molecule has 3 nitrogen and oxygen atoms in total. The molecule has 0 aliphatic heterocycles. The van der Waals surface area contributed by atoms with Crippen LogP contribution in [0.5, 0.6) is 0 Å². The second kappa shape index (κ2) is 6.55. The second-order valence-electron chi connectivity index (χ2n) is 3.74. The number of ether oxygens (including phenoxy) is 1. The first-order valence-electron chi connectivity index (χ1n) is 5.46. The zero-order chi connectivity index (χ0) is 12.8. The van der Waals surface area contributed by atoms with Gasteiger partial charge in [-0.2, -0.15) is 0 Å². The van der Waals surface area contributed by atoms with Gasteiger partial charge in [0.2, 0.25) is 0 Å². The van der Waals surface area contributed by atoms with Gasteiger partial charge in [-0.3, -0.25) is 9.59 Å². The number of Topliss-reactive ketones (excluding diaryl/α,β-unsaturated/α-hetero) is 1. The lowest BCUT2D eigenvalue weighted by Crippen LogP contribution is -2.11. The summed E-state index contributed by atoms with van der Waals surface area (Å²) in [6.07, 6.45) is 0.534. The second-order valence-corrected chi connectivity index (χ2v) is 4.59. The van der Waals surface area contributed by atoms with E-state index in [-0.39, 0.29) is 18.2 Å². The van der Waals surface area contributed by atoms with Gasteiger partial charge in [0.25, 0.3) is 0 Å². The quantitative estimate of drug-likeness (QED) is 0.785. The molecule has 0 saturated heterocycles. The number of hydrogen-bond acceptors (Lipinski definition) is 3. The molecule has 0 heterocycles. The molecule has 1 rings (SSSR count). The molecular weight excluding hydrogens is 284 g/mol. The van der Waals surface area contributed by atoms with Crippen LogP contribution in [0.25, 0.3) is 0 Å². The lowest BCUT2D eigenvalue weighted by atomic mass is 10.0. The van der Waals surface area contributed by atoms with Gasteiger partial charge in [-0.15, -0.1) is 0 Å². The van der Waals surface area contributed by atoms with Crippen LogP contribution >= 0.6 is 15.9 Å². The van der Waals surface area contributed by atoms with Crippen molar-refractivity contribution in [2.45, 2.75) is 26.7 Å². The van der Waals surface area contributed by atoms with Crippen molar-refractivity contribution in [3.63, 3.8) is 0 Å². The zero-order valence-electron chi connectivity index (χ0n) is 9.96. The third kappa shape index (κ3) is 4.30. The smallest absolute Gasteiger partial charge is 0.310 e. The Morgan fingerprint density at radius 2 is 2.00 bits per heavy atom. The van der Waals surface area contributed by atoms with E-state index in [9.17, 15) is 9.59 Å². The maximum atomic E-state index is 11.4. The van der Waals surface area contributed by atoms with Crippen molar-refractivity contribution >= 4 is 27.7 Å². The Morgan fingerprint density at radius 3 is 2.59 bits per heavy atom. The van der Waals surface area contributed by atoms with E-state index in [4.69, 9.17) is 4.74 Å². The highest BCUT2D eigenvalue weighted by Crippen LogP contribution is 2.22. The highest BCUT2D eigenvalue weighted by Gasteiger charge is 2.12. The van der Waals surface area contributed by atoms with Crippen LogP contribution in [0.15, 0.2) is 22.7 Å². The van der Waals surface area contributed by atoms with Crippen LogP contribution in [0.1, 0.15) is 25.0 Å². The molecule has 0 saturated carbocycles. The van der Waals surface area contributed by atoms with E-state index >= 15 is 0 Å². The van der Waals surface area contributed by atoms with E-state index in [1.165, 1.54) is 6.92 Å². The molecule has 4 heteroatoms. The molecule has 0 radical (unpaired) electrons. The summed E-state index contributed by atoms with van der Waals surface area (Å²) in [6, 6.07) is 5.56. The third-order valence-corrected chi connectivity index (χ3v) is 3.02. The Kier molecular flexibility index (Phi) is 5.35. The molecule has 0 aliphatic carbocycles. The van der Waals surface area contributed by atoms with Crippen molar-refractivity contribution < 1.29 is 14.3 Å². The van der Waals surface area contributed by atoms with Gasteiger partial charge in [-0.05, 0) is 31.0 Å². The average molecular weight is 299 g/mol. The largest absolute Gasteiger partial charge is 0.466 e. The minimum Gasteiger partial charge on any atom is -0.466 e. The van der Waals surface area contributed by atoms with E-state index < -0.39 is 0 Å². The molecule has 0 aliphatic rings. The summed E-state index contributed by atoms with van der Waals surface area (Å²) >= 11 is 3.40. The topological polar surface area (TPSA) is 43.4 Å². The highest BCUT2D eigenvalue weighted by molar-refractivity contribution is 9.10. The number of benzene rings is 1. The molecule has 1 aromatic rings. The molecule has 0 fully saturated rings. The fourth-order valence-electron chi connectivity index (χ4n) is 1.58. The van der Waals surface area contributed by atoms with Crippen molar-refractivity contribution in [2.24, 2.45) is 0 Å². The minimum absolute atomic E-state index is 0.0713. The van der Waals surface area contributed by atoms with E-state index in [0.717, 1.165) is 15.6 Å². The SMILES string of the molecule is CCOC(=O)Cc1cccc(Br)c1CC(C)=O. The molecule has 0 unspecified atom stereocenters. The molecule has 0 spiro atoms. The first-order chi connectivity index (χ1) is 8.04. The van der Waals surface area contributed by atoms with Gasteiger partial charge in [-0.25, -0.2) is 0 Å². The Morgan fingerprint density at radius 1 is 1.29 bits per heavy atom. The van der Waals surface area contributed by atoms with Crippen molar-refractivity contribution in [1.82, 2.24) is 0 Å². The lowest BCUT2D eigenvalue weighted by molar-refractivity contribution is -0.142. The number of esters is 1. The van der Waals surface area contributed by atoms with Gasteiger partial charge in [0.1, 0.15) is 5.78 Å². The molecular formula is C13H15BrO3. The maximum absolute atomic E-state index is 11.4. The van der Waals surface area contributed by atoms with Crippen LogP contribution in [-0.2, 0) is 27.2 Å². The van der Waals surface area contributed by atoms with Gasteiger partial charge in [0.15, 0.2) is 0 Å². The Hall–Kier alpha value is -1.16. The van der Waals surface area contributed by atoms with Crippen molar-refractivity contribution in [2.75, 3.05) is 6.61 Å². The molecule has 0 N–H and O–H groups in total. The Bertz CT molecular complexity index is 427. The molecule has 0 amide bonds. The van der Waals surface area contributed by atoms with Crippen LogP contribution in [-0.4, -0.2) is 18.4 Å². The third-order valence-electron chi connectivity index (χ3n) is 2.28. The van der Waals surface area contributed by atoms with E-state index in [2.05, 4.69) is 15.9 Å². The van der Waals surface area contributed by atoms with E-state index in [0.29, 0.717) is 13.0 Å². The van der Waals surface area contributed by atoms with Crippen LogP contribution in [0.3, 0.4) is 0 Å². The van der Waals surface area contributed by atoms with Crippen LogP contribution < -0.4 is 0 Å². The average Bonchev–Trinajstić information content (AvgIpc) is 2.23. The monoisotopic (exact) mass is 298 g/mol. The van der Waals surface area contributed by atoms with Crippen molar-refractivity contribution in [3.05, 3.63) is 33.8 Å². The normalized spacial score (nSPS) is 10.1. The predicted molar refractivity (Wildman–Crippen MR) is 68.9 cm³/mol. The van der Waals surface area contributed by atoms with Gasteiger partial charge in [0, 0.05) is 10.9 Å². The maximum Gasteiger partial charge on any atom is 0.310 e. The Balaban J connectivity index is 2.94. The van der Waals surface area contributed by atoms with Gasteiger partial charge < -0.3 is 4.74 Å². The number of carbonyl (C=O) groups is 2. The van der Waals surface area contributed by atoms with Crippen LogP contribution in [0.2, 0.25) is 0 Å². The molecule has 0 bridgehead atoms. The van der Waals surface area contributed by atoms with Gasteiger partial charge >= 0.3 is 5.97 Å². The standard InChI is InChI=1S/C13H15BrO3/c1-3-17-13(16)8-10-5-4-6-12(14)11(10)7-9(2)15/h4-6H,3,7-8H2,1-2H3. The predicted octanol–water partition coefficient (Wildman–Crippen LogP) is 2.69. The van der Waals surface area contributed by atoms with E-state index in [1.54, 1.807) is 6.92 Å². The molecule has 0 atom stereocenters. The Labute approximate surface area is 109 Å². The summed E-state index contributed by atoms with van der Waals surface area (Å²) in [4.78, 5) is 22.6. The first kappa shape index (κ1) is 13.9. The molecule has 1 aromatic carbocycles. The van der Waals surface area contributed by atoms with Crippen LogP contribution in [0.4, 0.5) is 0 Å². The first-order valence-corrected chi connectivity index (χ1v) is 6.25. The molecule has 92 valence electrons. The summed E-state index contributed by atoms with van der Waals surface area (Å²) < 4.78 is 5.76. The summed E-state index contributed by atoms with van der Waals surface area (Å²) in [5.41, 5.74) is 1.71. The number of ketones is 1. The summed E-state index contributed by atoms with van der Waals surface area (Å²) in [7, 11) is 0.